The molecule has 5 nitrogen and oxygen atoms in total. The summed E-state index contributed by atoms with van der Waals surface area (Å²) in [7, 11) is 0. The average molecular weight is 319 g/mol. The topological polar surface area (TPSA) is 56.8 Å². The van der Waals surface area contributed by atoms with Crippen molar-refractivity contribution in [1.29, 1.82) is 0 Å². The molecule has 3 atom stereocenters. The summed E-state index contributed by atoms with van der Waals surface area (Å²) in [4.78, 5) is 12.0. The van der Waals surface area contributed by atoms with Crippen LogP contribution >= 0.6 is 0 Å². The van der Waals surface area contributed by atoms with Gasteiger partial charge >= 0.3 is 6.09 Å². The quantitative estimate of drug-likeness (QED) is 0.848. The molecule has 0 bridgehead atoms. The van der Waals surface area contributed by atoms with E-state index in [0.29, 0.717) is 13.2 Å². The van der Waals surface area contributed by atoms with E-state index < -0.39 is 11.7 Å². The van der Waals surface area contributed by atoms with Gasteiger partial charge in [0.2, 0.25) is 0 Å². The number of hydrogen-bond donors (Lipinski definition) is 1. The summed E-state index contributed by atoms with van der Waals surface area (Å²) in [5.74, 6) is 0. The molecule has 1 aliphatic heterocycles. The van der Waals surface area contributed by atoms with Crippen LogP contribution in [0.2, 0.25) is 0 Å². The Morgan fingerprint density at radius 2 is 2.09 bits per heavy atom. The van der Waals surface area contributed by atoms with Crippen molar-refractivity contribution in [1.82, 2.24) is 5.32 Å². The van der Waals surface area contributed by atoms with Gasteiger partial charge in [-0.1, -0.05) is 36.4 Å². The summed E-state index contributed by atoms with van der Waals surface area (Å²) >= 11 is 0. The highest BCUT2D eigenvalue weighted by Crippen LogP contribution is 2.21. The maximum absolute atomic E-state index is 12.0. The predicted molar refractivity (Wildman–Crippen MR) is 88.1 cm³/mol. The second-order valence-electron chi connectivity index (χ2n) is 6.55. The van der Waals surface area contributed by atoms with Crippen LogP contribution in [0.3, 0.4) is 0 Å². The first-order valence-corrected chi connectivity index (χ1v) is 7.78. The maximum atomic E-state index is 12.0. The summed E-state index contributed by atoms with van der Waals surface area (Å²) in [6, 6.07) is 9.61. The highest BCUT2D eigenvalue weighted by molar-refractivity contribution is 5.68. The Balaban J connectivity index is 1.95. The normalized spacial score (nSPS) is 24.2. The van der Waals surface area contributed by atoms with Crippen molar-refractivity contribution >= 4 is 6.09 Å². The van der Waals surface area contributed by atoms with Crippen LogP contribution in [0.5, 0.6) is 0 Å². The number of rotatable bonds is 5. The Morgan fingerprint density at radius 3 is 2.70 bits per heavy atom. The minimum absolute atomic E-state index is 0.251. The second-order valence-corrected chi connectivity index (χ2v) is 6.55. The molecule has 1 heterocycles. The van der Waals surface area contributed by atoms with Crippen molar-refractivity contribution < 1.29 is 19.0 Å². The molecule has 1 aromatic rings. The van der Waals surface area contributed by atoms with Gasteiger partial charge in [0.05, 0.1) is 19.3 Å². The molecule has 1 fully saturated rings. The van der Waals surface area contributed by atoms with Crippen molar-refractivity contribution in [3.63, 3.8) is 0 Å². The molecular weight excluding hydrogens is 294 g/mol. The highest BCUT2D eigenvalue weighted by atomic mass is 16.6. The number of hydrogen-bond acceptors (Lipinski definition) is 4. The third-order valence-corrected chi connectivity index (χ3v) is 3.41. The Morgan fingerprint density at radius 1 is 1.39 bits per heavy atom. The van der Waals surface area contributed by atoms with Crippen LogP contribution in [0.4, 0.5) is 4.79 Å². The van der Waals surface area contributed by atoms with E-state index >= 15 is 0 Å². The number of ether oxygens (including phenoxy) is 3. The van der Waals surface area contributed by atoms with Crippen LogP contribution in [-0.2, 0) is 20.8 Å². The fourth-order valence-electron chi connectivity index (χ4n) is 2.40. The van der Waals surface area contributed by atoms with Crippen molar-refractivity contribution in [2.75, 3.05) is 6.61 Å². The first kappa shape index (κ1) is 17.5. The SMILES string of the molecule is C=C[C@@H]1OC[C@H](NC(=O)OC(C)(C)C)[C@H]1OCc1ccccc1. The number of benzene rings is 1. The van der Waals surface area contributed by atoms with Crippen LogP contribution in [-0.4, -0.2) is 36.6 Å². The molecule has 1 N–H and O–H groups in total. The molecule has 5 heteroatoms. The monoisotopic (exact) mass is 319 g/mol. The van der Waals surface area contributed by atoms with Crippen molar-refractivity contribution in [2.24, 2.45) is 0 Å². The predicted octanol–water partition coefficient (Wildman–Crippen LogP) is 3.05. The molecular formula is C18H25NO4. The van der Waals surface area contributed by atoms with Gasteiger partial charge in [-0.15, -0.1) is 6.58 Å². The molecule has 126 valence electrons. The smallest absolute Gasteiger partial charge is 0.408 e. The summed E-state index contributed by atoms with van der Waals surface area (Å²) in [5.41, 5.74) is 0.528. The molecule has 2 rings (SSSR count). The third kappa shape index (κ3) is 5.37. The van der Waals surface area contributed by atoms with E-state index in [2.05, 4.69) is 11.9 Å². The molecule has 1 amide bonds. The zero-order chi connectivity index (χ0) is 16.9. The van der Waals surface area contributed by atoms with Gasteiger partial charge < -0.3 is 19.5 Å². The van der Waals surface area contributed by atoms with E-state index in [1.165, 1.54) is 0 Å². The molecule has 0 aliphatic carbocycles. The Kier molecular flexibility index (Phi) is 5.80. The number of amides is 1. The van der Waals surface area contributed by atoms with Gasteiger partial charge in [-0.05, 0) is 26.3 Å². The van der Waals surface area contributed by atoms with Crippen LogP contribution < -0.4 is 5.32 Å². The second kappa shape index (κ2) is 7.62. The molecule has 0 unspecified atom stereocenters. The standard InChI is InChI=1S/C18H25NO4/c1-5-15-16(22-11-13-9-7-6-8-10-13)14(12-21-15)19-17(20)23-18(2,3)4/h5-10,14-16H,1,11-12H2,2-4H3,(H,19,20)/t14-,15-,16+/m0/s1. The zero-order valence-corrected chi connectivity index (χ0v) is 14.0. The van der Waals surface area contributed by atoms with Crippen LogP contribution in [0.1, 0.15) is 26.3 Å². The van der Waals surface area contributed by atoms with E-state index in [-0.39, 0.29) is 18.2 Å². The van der Waals surface area contributed by atoms with Gasteiger partial charge in [-0.2, -0.15) is 0 Å². The summed E-state index contributed by atoms with van der Waals surface area (Å²) < 4.78 is 16.9. The lowest BCUT2D eigenvalue weighted by atomic mass is 10.1. The van der Waals surface area contributed by atoms with Crippen LogP contribution in [0.25, 0.3) is 0 Å². The first-order chi connectivity index (χ1) is 10.9. The molecule has 0 aromatic heterocycles. The lowest BCUT2D eigenvalue weighted by Crippen LogP contribution is -2.47. The fraction of sp³-hybridized carbons (Fsp3) is 0.500. The zero-order valence-electron chi connectivity index (χ0n) is 14.0. The van der Waals surface area contributed by atoms with E-state index in [1.807, 2.05) is 51.1 Å². The van der Waals surface area contributed by atoms with E-state index in [4.69, 9.17) is 14.2 Å². The maximum Gasteiger partial charge on any atom is 0.408 e. The number of nitrogens with one attached hydrogen (secondary N) is 1. The van der Waals surface area contributed by atoms with Crippen LogP contribution in [0, 0.1) is 0 Å². The Bertz CT molecular complexity index is 524. The number of carbonyl (C=O) groups is 1. The number of carbonyl (C=O) groups excluding carboxylic acids is 1. The molecule has 0 saturated carbocycles. The van der Waals surface area contributed by atoms with Crippen molar-refractivity contribution in [2.45, 2.75) is 51.2 Å². The molecule has 1 aromatic carbocycles. The molecule has 1 saturated heterocycles. The summed E-state index contributed by atoms with van der Waals surface area (Å²) in [6.45, 7) is 10.1. The van der Waals surface area contributed by atoms with Gasteiger partial charge in [-0.3, -0.25) is 0 Å². The van der Waals surface area contributed by atoms with Gasteiger partial charge in [0.15, 0.2) is 0 Å². The molecule has 0 spiro atoms. The van der Waals surface area contributed by atoms with Gasteiger partial charge in [0, 0.05) is 0 Å². The minimum Gasteiger partial charge on any atom is -0.444 e. The lowest BCUT2D eigenvalue weighted by Gasteiger charge is -2.25. The molecule has 0 radical (unpaired) electrons. The van der Waals surface area contributed by atoms with Gasteiger partial charge in [-0.25, -0.2) is 4.79 Å². The fourth-order valence-corrected chi connectivity index (χ4v) is 2.40. The van der Waals surface area contributed by atoms with E-state index in [1.54, 1.807) is 6.08 Å². The summed E-state index contributed by atoms with van der Waals surface area (Å²) in [5, 5.41) is 2.83. The summed E-state index contributed by atoms with van der Waals surface area (Å²) in [6.07, 6.45) is 0.690. The average Bonchev–Trinajstić information content (AvgIpc) is 2.86. The Labute approximate surface area is 137 Å². The highest BCUT2D eigenvalue weighted by Gasteiger charge is 2.38. The van der Waals surface area contributed by atoms with Crippen molar-refractivity contribution in [3.8, 4) is 0 Å². The molecule has 23 heavy (non-hydrogen) atoms. The third-order valence-electron chi connectivity index (χ3n) is 3.41. The minimum atomic E-state index is -0.540. The van der Waals surface area contributed by atoms with Crippen LogP contribution in [0.15, 0.2) is 43.0 Å². The van der Waals surface area contributed by atoms with Crippen molar-refractivity contribution in [3.05, 3.63) is 48.6 Å². The largest absolute Gasteiger partial charge is 0.444 e. The Hall–Kier alpha value is -1.85. The first-order valence-electron chi connectivity index (χ1n) is 7.78. The van der Waals surface area contributed by atoms with E-state index in [9.17, 15) is 4.79 Å². The van der Waals surface area contributed by atoms with E-state index in [0.717, 1.165) is 5.56 Å². The van der Waals surface area contributed by atoms with Gasteiger partial charge in [0.25, 0.3) is 0 Å². The number of alkyl carbamates (subject to hydrolysis) is 1. The molecule has 1 aliphatic rings. The lowest BCUT2D eigenvalue weighted by molar-refractivity contribution is -0.00609. The van der Waals surface area contributed by atoms with Gasteiger partial charge in [0.1, 0.15) is 17.8 Å².